The topological polar surface area (TPSA) is 118 Å². The second kappa shape index (κ2) is 12.6. The number of carboxylic acids is 1. The number of pyridine rings is 1. The largest absolute Gasteiger partial charge is 0.481 e. The molecule has 4 aromatic rings. The van der Waals surface area contributed by atoms with E-state index < -0.39 is 42.1 Å². The number of benzene rings is 2. The number of ether oxygens (including phenoxy) is 2. The summed E-state index contributed by atoms with van der Waals surface area (Å²) in [6, 6.07) is 7.86. The van der Waals surface area contributed by atoms with Crippen molar-refractivity contribution in [3.63, 3.8) is 0 Å². The van der Waals surface area contributed by atoms with Crippen molar-refractivity contribution >= 4 is 18.0 Å². The van der Waals surface area contributed by atoms with Crippen LogP contribution >= 0.6 is 0 Å². The van der Waals surface area contributed by atoms with Crippen LogP contribution < -0.4 is 9.64 Å². The molecule has 49 heavy (non-hydrogen) atoms. The van der Waals surface area contributed by atoms with Crippen molar-refractivity contribution in [2.45, 2.75) is 58.7 Å². The molecule has 2 aliphatic heterocycles. The molecule has 4 heterocycles. The zero-order chi connectivity index (χ0) is 35.4. The molecule has 0 unspecified atom stereocenters. The van der Waals surface area contributed by atoms with Crippen molar-refractivity contribution in [1.82, 2.24) is 19.9 Å². The van der Waals surface area contributed by atoms with Crippen LogP contribution in [0.1, 0.15) is 56.9 Å². The van der Waals surface area contributed by atoms with Crippen molar-refractivity contribution in [2.24, 2.45) is 0 Å². The summed E-state index contributed by atoms with van der Waals surface area (Å²) in [5.74, 6) is -0.576. The van der Waals surface area contributed by atoms with Gasteiger partial charge in [-0.3, -0.25) is 4.90 Å². The van der Waals surface area contributed by atoms with Gasteiger partial charge in [0.25, 0.3) is 0 Å². The molecule has 0 saturated carbocycles. The number of hydrogen-bond donors (Lipinski definition) is 1. The van der Waals surface area contributed by atoms with Crippen molar-refractivity contribution in [3.05, 3.63) is 87.9 Å². The lowest BCUT2D eigenvalue weighted by Crippen LogP contribution is -2.49. The number of methoxy groups -OCH3 is 1. The molecule has 14 heteroatoms. The first-order valence-corrected chi connectivity index (χ1v) is 15.4. The SMILES string of the molecule is COc1ncc(-c2c(C)cc(C(=O)O)cc2C)cc1-c1cnc(N2CC(F)C2)nc1CN1C(=O)O[C@H](c2cc(C)cc(C(F)(F)F)c2)[C@@H]1C. The van der Waals surface area contributed by atoms with Gasteiger partial charge < -0.3 is 19.5 Å². The van der Waals surface area contributed by atoms with Gasteiger partial charge in [-0.15, -0.1) is 0 Å². The number of hydrogen-bond acceptors (Lipinski definition) is 8. The van der Waals surface area contributed by atoms with Gasteiger partial charge in [0, 0.05) is 29.1 Å². The lowest BCUT2D eigenvalue weighted by Gasteiger charge is -2.34. The Hall–Kier alpha value is -5.27. The van der Waals surface area contributed by atoms with E-state index in [1.165, 1.54) is 12.0 Å². The molecule has 2 aliphatic rings. The Morgan fingerprint density at radius 3 is 2.33 bits per heavy atom. The number of nitrogens with zero attached hydrogens (tertiary/aromatic N) is 5. The molecule has 6 rings (SSSR count). The third kappa shape index (κ3) is 6.46. The molecule has 10 nitrogen and oxygen atoms in total. The summed E-state index contributed by atoms with van der Waals surface area (Å²) in [6.07, 6.45) is -4.19. The summed E-state index contributed by atoms with van der Waals surface area (Å²) in [7, 11) is 1.45. The third-order valence-electron chi connectivity index (χ3n) is 8.85. The van der Waals surface area contributed by atoms with E-state index in [0.29, 0.717) is 39.1 Å². The van der Waals surface area contributed by atoms with Crippen LogP contribution in [0.3, 0.4) is 0 Å². The van der Waals surface area contributed by atoms with E-state index >= 15 is 0 Å². The number of halogens is 4. The van der Waals surface area contributed by atoms with Crippen LogP contribution in [0.5, 0.6) is 5.88 Å². The minimum absolute atomic E-state index is 0.100. The maximum Gasteiger partial charge on any atom is 0.416 e. The minimum atomic E-state index is -4.58. The average Bonchev–Trinajstić information content (AvgIpc) is 3.30. The summed E-state index contributed by atoms with van der Waals surface area (Å²) in [6.45, 7) is 6.91. The molecule has 0 radical (unpaired) electrons. The molecule has 2 atom stereocenters. The molecule has 2 saturated heterocycles. The fourth-order valence-electron chi connectivity index (χ4n) is 6.44. The number of carbonyl (C=O) groups excluding carboxylic acids is 1. The van der Waals surface area contributed by atoms with Crippen molar-refractivity contribution in [2.75, 3.05) is 25.1 Å². The van der Waals surface area contributed by atoms with Gasteiger partial charge in [0.15, 0.2) is 0 Å². The normalized spacial score (nSPS) is 18.0. The summed E-state index contributed by atoms with van der Waals surface area (Å²) in [5, 5.41) is 9.53. The van der Waals surface area contributed by atoms with Crippen LogP contribution in [0.25, 0.3) is 22.3 Å². The van der Waals surface area contributed by atoms with Crippen molar-refractivity contribution in [1.29, 1.82) is 0 Å². The fourth-order valence-corrected chi connectivity index (χ4v) is 6.44. The Kier molecular flexibility index (Phi) is 8.67. The van der Waals surface area contributed by atoms with Gasteiger partial charge in [0.05, 0.1) is 49.6 Å². The fraction of sp³-hybridized carbons (Fsp3) is 0.343. The highest BCUT2D eigenvalue weighted by atomic mass is 19.4. The minimum Gasteiger partial charge on any atom is -0.481 e. The van der Waals surface area contributed by atoms with Crippen LogP contribution in [0, 0.1) is 20.8 Å². The molecule has 2 aromatic heterocycles. The molecular formula is C35H33F4N5O5. The number of aromatic nitrogens is 3. The van der Waals surface area contributed by atoms with Gasteiger partial charge in [-0.2, -0.15) is 13.2 Å². The monoisotopic (exact) mass is 679 g/mol. The second-order valence-corrected chi connectivity index (χ2v) is 12.4. The van der Waals surface area contributed by atoms with E-state index in [4.69, 9.17) is 14.5 Å². The molecule has 0 bridgehead atoms. The molecule has 2 aromatic carbocycles. The molecule has 0 spiro atoms. The smallest absolute Gasteiger partial charge is 0.416 e. The third-order valence-corrected chi connectivity index (χ3v) is 8.85. The van der Waals surface area contributed by atoms with Gasteiger partial charge in [0.1, 0.15) is 12.3 Å². The van der Waals surface area contributed by atoms with Crippen LogP contribution in [0.15, 0.2) is 48.8 Å². The van der Waals surface area contributed by atoms with Gasteiger partial charge in [-0.25, -0.2) is 28.9 Å². The van der Waals surface area contributed by atoms with E-state index in [9.17, 15) is 32.3 Å². The number of carbonyl (C=O) groups is 2. The van der Waals surface area contributed by atoms with E-state index in [-0.39, 0.29) is 42.6 Å². The Bertz CT molecular complexity index is 1940. The maximum atomic E-state index is 13.8. The Labute approximate surface area is 279 Å². The predicted molar refractivity (Wildman–Crippen MR) is 171 cm³/mol. The van der Waals surface area contributed by atoms with Crippen LogP contribution in [0.4, 0.5) is 28.3 Å². The van der Waals surface area contributed by atoms with E-state index in [1.807, 2.05) is 6.07 Å². The van der Waals surface area contributed by atoms with Gasteiger partial charge in [-0.1, -0.05) is 11.6 Å². The first kappa shape index (κ1) is 33.6. The van der Waals surface area contributed by atoms with Crippen LogP contribution in [0.2, 0.25) is 0 Å². The zero-order valence-electron chi connectivity index (χ0n) is 27.3. The number of alkyl halides is 4. The predicted octanol–water partition coefficient (Wildman–Crippen LogP) is 7.10. The second-order valence-electron chi connectivity index (χ2n) is 12.4. The summed E-state index contributed by atoms with van der Waals surface area (Å²) in [5.41, 5.74) is 4.03. The van der Waals surface area contributed by atoms with Crippen molar-refractivity contribution in [3.8, 4) is 28.1 Å². The molecular weight excluding hydrogens is 646 g/mol. The van der Waals surface area contributed by atoms with Crippen LogP contribution in [-0.4, -0.2) is 69.4 Å². The first-order chi connectivity index (χ1) is 23.1. The first-order valence-electron chi connectivity index (χ1n) is 15.4. The highest BCUT2D eigenvalue weighted by Gasteiger charge is 2.42. The molecule has 2 fully saturated rings. The standard InChI is InChI=1S/C35H33F4N5O5/c1-17-6-21(10-24(7-17)35(37,38)39)30-20(4)44(34(47)49-30)16-28-27(13-41-33(42-28)43-14-25(36)15-43)26-11-23(12-40-31(26)48-5)29-18(2)8-22(32(45)46)9-19(29)3/h6-13,20,25,30H,14-16H2,1-5H3,(H,45,46)/t20-,30-/m0/s1. The lowest BCUT2D eigenvalue weighted by atomic mass is 9.92. The zero-order valence-corrected chi connectivity index (χ0v) is 27.3. The van der Waals surface area contributed by atoms with Gasteiger partial charge >= 0.3 is 18.2 Å². The highest BCUT2D eigenvalue weighted by Crippen LogP contribution is 2.40. The Morgan fingerprint density at radius 1 is 1.02 bits per heavy atom. The number of anilines is 1. The summed E-state index contributed by atoms with van der Waals surface area (Å²) >= 11 is 0. The quantitative estimate of drug-likeness (QED) is 0.195. The average molecular weight is 680 g/mol. The van der Waals surface area contributed by atoms with E-state index in [2.05, 4.69) is 9.97 Å². The van der Waals surface area contributed by atoms with Crippen molar-refractivity contribution < 1.29 is 41.7 Å². The number of cyclic esters (lactones) is 1. The Morgan fingerprint density at radius 2 is 1.71 bits per heavy atom. The molecule has 1 amide bonds. The van der Waals surface area contributed by atoms with E-state index in [0.717, 1.165) is 17.7 Å². The van der Waals surface area contributed by atoms with Crippen LogP contribution in [-0.2, 0) is 17.5 Å². The lowest BCUT2D eigenvalue weighted by molar-refractivity contribution is -0.137. The summed E-state index contributed by atoms with van der Waals surface area (Å²) in [4.78, 5) is 41.8. The number of rotatable bonds is 8. The number of carboxylic acid groups (broad SMARTS) is 1. The number of aromatic carboxylic acids is 1. The maximum absolute atomic E-state index is 13.8. The van der Waals surface area contributed by atoms with Gasteiger partial charge in [-0.05, 0) is 80.3 Å². The Balaban J connectivity index is 1.42. The molecule has 1 N–H and O–H groups in total. The highest BCUT2D eigenvalue weighted by molar-refractivity contribution is 5.90. The van der Waals surface area contributed by atoms with Gasteiger partial charge in [0.2, 0.25) is 11.8 Å². The number of amides is 1. The molecule has 256 valence electrons. The summed E-state index contributed by atoms with van der Waals surface area (Å²) < 4.78 is 66.0. The number of aryl methyl sites for hydroxylation is 3. The molecule has 0 aliphatic carbocycles. The van der Waals surface area contributed by atoms with E-state index in [1.54, 1.807) is 63.2 Å².